The summed E-state index contributed by atoms with van der Waals surface area (Å²) in [6, 6.07) is 2.02. The lowest BCUT2D eigenvalue weighted by Crippen LogP contribution is -2.44. The molecule has 0 radical (unpaired) electrons. The van der Waals surface area contributed by atoms with E-state index in [-0.39, 0.29) is 5.54 Å². The summed E-state index contributed by atoms with van der Waals surface area (Å²) in [6.45, 7) is 5.13. The van der Waals surface area contributed by atoms with Crippen LogP contribution in [-0.4, -0.2) is 41.0 Å². The minimum atomic E-state index is 0.0314. The van der Waals surface area contributed by atoms with Gasteiger partial charge in [0.05, 0.1) is 5.39 Å². The van der Waals surface area contributed by atoms with Crippen LogP contribution in [0.15, 0.2) is 11.4 Å². The van der Waals surface area contributed by atoms with Gasteiger partial charge in [0, 0.05) is 12.1 Å². The van der Waals surface area contributed by atoms with Crippen molar-refractivity contribution in [3.05, 3.63) is 11.4 Å². The molecule has 0 fully saturated rings. The van der Waals surface area contributed by atoms with E-state index >= 15 is 0 Å². The number of hydrogen-bond acceptors (Lipinski definition) is 7. The van der Waals surface area contributed by atoms with Crippen molar-refractivity contribution in [3.8, 4) is 0 Å². The van der Waals surface area contributed by atoms with Gasteiger partial charge in [-0.1, -0.05) is 0 Å². The molecule has 7 heteroatoms. The van der Waals surface area contributed by atoms with E-state index < -0.39 is 0 Å². The highest BCUT2D eigenvalue weighted by molar-refractivity contribution is 7.16. The van der Waals surface area contributed by atoms with Crippen LogP contribution in [-0.2, 0) is 0 Å². The van der Waals surface area contributed by atoms with E-state index in [9.17, 15) is 0 Å². The van der Waals surface area contributed by atoms with Crippen molar-refractivity contribution < 1.29 is 0 Å². The molecule has 4 N–H and O–H groups in total. The second kappa shape index (κ2) is 5.28. The van der Waals surface area contributed by atoms with Gasteiger partial charge in [0.15, 0.2) is 0 Å². The molecule has 0 saturated carbocycles. The molecule has 0 atom stereocenters. The number of nitrogens with two attached hydrogens (primary N) is 1. The van der Waals surface area contributed by atoms with E-state index in [1.807, 2.05) is 11.4 Å². The molecular formula is C12H20N6S. The number of rotatable bonds is 5. The van der Waals surface area contributed by atoms with Crippen molar-refractivity contribution >= 4 is 33.3 Å². The number of hydrogen-bond donors (Lipinski definition) is 3. The number of likely N-dealkylation sites (N-methyl/N-ethyl adjacent to an activating group) is 1. The Labute approximate surface area is 117 Å². The average molecular weight is 280 g/mol. The van der Waals surface area contributed by atoms with Gasteiger partial charge in [0.2, 0.25) is 5.95 Å². The molecule has 0 unspecified atom stereocenters. The molecule has 0 aromatic carbocycles. The van der Waals surface area contributed by atoms with Gasteiger partial charge < -0.3 is 10.2 Å². The van der Waals surface area contributed by atoms with Crippen molar-refractivity contribution in [1.29, 1.82) is 0 Å². The highest BCUT2D eigenvalue weighted by Gasteiger charge is 2.21. The third kappa shape index (κ3) is 2.94. The van der Waals surface area contributed by atoms with E-state index in [2.05, 4.69) is 53.6 Å². The maximum absolute atomic E-state index is 5.40. The molecule has 2 heterocycles. The summed E-state index contributed by atoms with van der Waals surface area (Å²) in [7, 11) is 4.13. The molecule has 0 aliphatic heterocycles. The molecule has 6 nitrogen and oxygen atoms in total. The molecule has 2 aromatic heterocycles. The topological polar surface area (TPSA) is 79.1 Å². The van der Waals surface area contributed by atoms with Gasteiger partial charge in [0.25, 0.3) is 0 Å². The number of nitrogens with zero attached hydrogens (tertiary/aromatic N) is 3. The van der Waals surface area contributed by atoms with Crippen molar-refractivity contribution in [2.75, 3.05) is 31.4 Å². The highest BCUT2D eigenvalue weighted by atomic mass is 32.1. The molecule has 19 heavy (non-hydrogen) atoms. The van der Waals surface area contributed by atoms with Crippen molar-refractivity contribution in [2.45, 2.75) is 19.4 Å². The Balaban J connectivity index is 2.27. The fourth-order valence-corrected chi connectivity index (χ4v) is 2.28. The van der Waals surface area contributed by atoms with Gasteiger partial charge in [-0.25, -0.2) is 10.8 Å². The van der Waals surface area contributed by atoms with Crippen LogP contribution in [0.3, 0.4) is 0 Å². The minimum absolute atomic E-state index is 0.0314. The number of anilines is 2. The largest absolute Gasteiger partial charge is 0.368 e. The van der Waals surface area contributed by atoms with E-state index in [1.165, 1.54) is 0 Å². The fraction of sp³-hybridized carbons (Fsp3) is 0.500. The van der Waals surface area contributed by atoms with Crippen LogP contribution in [0.4, 0.5) is 11.8 Å². The molecule has 2 rings (SSSR count). The van der Waals surface area contributed by atoms with Crippen molar-refractivity contribution in [2.24, 2.45) is 5.84 Å². The molecule has 0 bridgehead atoms. The van der Waals surface area contributed by atoms with Crippen LogP contribution < -0.4 is 16.6 Å². The Morgan fingerprint density at radius 1 is 1.37 bits per heavy atom. The second-order valence-corrected chi connectivity index (χ2v) is 6.13. The Morgan fingerprint density at radius 3 is 2.74 bits per heavy atom. The summed E-state index contributed by atoms with van der Waals surface area (Å²) in [5.74, 6) is 6.65. The van der Waals surface area contributed by atoms with Gasteiger partial charge in [0.1, 0.15) is 10.6 Å². The average Bonchev–Trinajstić information content (AvgIpc) is 2.83. The van der Waals surface area contributed by atoms with Gasteiger partial charge in [-0.05, 0) is 39.4 Å². The van der Waals surface area contributed by atoms with E-state index in [4.69, 9.17) is 5.84 Å². The zero-order valence-corrected chi connectivity index (χ0v) is 12.5. The Hall–Kier alpha value is -1.44. The first-order valence-electron chi connectivity index (χ1n) is 6.07. The van der Waals surface area contributed by atoms with Crippen LogP contribution >= 0.6 is 11.3 Å². The van der Waals surface area contributed by atoms with E-state index in [1.54, 1.807) is 11.3 Å². The predicted molar refractivity (Wildman–Crippen MR) is 81.5 cm³/mol. The summed E-state index contributed by atoms with van der Waals surface area (Å²) < 4.78 is 0. The first-order valence-corrected chi connectivity index (χ1v) is 6.95. The molecule has 104 valence electrons. The normalized spacial score (nSPS) is 12.1. The van der Waals surface area contributed by atoms with Gasteiger partial charge in [-0.2, -0.15) is 4.98 Å². The lowest BCUT2D eigenvalue weighted by atomic mass is 10.0. The summed E-state index contributed by atoms with van der Waals surface area (Å²) in [4.78, 5) is 11.8. The molecule has 2 aromatic rings. The number of hydrazine groups is 1. The number of thiophene rings is 1. The molecule has 0 saturated heterocycles. The summed E-state index contributed by atoms with van der Waals surface area (Å²) >= 11 is 1.57. The van der Waals surface area contributed by atoms with Crippen LogP contribution in [0.25, 0.3) is 10.2 Å². The zero-order chi connectivity index (χ0) is 14.0. The van der Waals surface area contributed by atoms with Gasteiger partial charge >= 0.3 is 0 Å². The summed E-state index contributed by atoms with van der Waals surface area (Å²) in [5, 5.41) is 6.42. The number of nitrogens with one attached hydrogen (secondary N) is 2. The molecule has 0 aliphatic rings. The van der Waals surface area contributed by atoms with Gasteiger partial charge in [-0.3, -0.25) is 5.43 Å². The predicted octanol–water partition coefficient (Wildman–Crippen LogP) is 1.73. The molecule has 0 spiro atoms. The monoisotopic (exact) mass is 280 g/mol. The maximum atomic E-state index is 5.40. The van der Waals surface area contributed by atoms with E-state index in [0.717, 1.165) is 22.6 Å². The minimum Gasteiger partial charge on any atom is -0.368 e. The quantitative estimate of drug-likeness (QED) is 0.572. The van der Waals surface area contributed by atoms with Gasteiger partial charge in [-0.15, -0.1) is 11.3 Å². The summed E-state index contributed by atoms with van der Waals surface area (Å²) in [5.41, 5.74) is 2.53. The summed E-state index contributed by atoms with van der Waals surface area (Å²) in [6.07, 6.45) is 0. The van der Waals surface area contributed by atoms with Crippen LogP contribution in [0.5, 0.6) is 0 Å². The standard InChI is InChI=1S/C12H20N6S/c1-12(2,18(3)4)7-14-9-8-5-6-19-10(8)16-11(15-9)17-13/h5-6H,7,13H2,1-4H3,(H2,14,15,16,17). The maximum Gasteiger partial charge on any atom is 0.240 e. The first-order chi connectivity index (χ1) is 8.94. The number of fused-ring (bicyclic) bond motifs is 1. The van der Waals surface area contributed by atoms with Crippen LogP contribution in [0.2, 0.25) is 0 Å². The van der Waals surface area contributed by atoms with Crippen molar-refractivity contribution in [1.82, 2.24) is 14.9 Å². The van der Waals surface area contributed by atoms with Crippen LogP contribution in [0, 0.1) is 0 Å². The van der Waals surface area contributed by atoms with E-state index in [0.29, 0.717) is 5.95 Å². The number of aromatic nitrogens is 2. The SMILES string of the molecule is CN(C)C(C)(C)CNc1nc(NN)nc2sccc12. The Kier molecular flexibility index (Phi) is 3.88. The Bertz CT molecular complexity index is 562. The Morgan fingerprint density at radius 2 is 2.11 bits per heavy atom. The highest BCUT2D eigenvalue weighted by Crippen LogP contribution is 2.26. The third-order valence-electron chi connectivity index (χ3n) is 3.35. The lowest BCUT2D eigenvalue weighted by molar-refractivity contribution is 0.210. The number of nitrogen functional groups attached to an aromatic ring is 1. The van der Waals surface area contributed by atoms with Crippen LogP contribution in [0.1, 0.15) is 13.8 Å². The van der Waals surface area contributed by atoms with Crippen molar-refractivity contribution in [3.63, 3.8) is 0 Å². The molecular weight excluding hydrogens is 260 g/mol. The first kappa shape index (κ1) is 14.0. The molecule has 0 amide bonds. The second-order valence-electron chi connectivity index (χ2n) is 5.24. The smallest absolute Gasteiger partial charge is 0.240 e. The fourth-order valence-electron chi connectivity index (χ4n) is 1.51. The zero-order valence-electron chi connectivity index (χ0n) is 11.7. The third-order valence-corrected chi connectivity index (χ3v) is 4.16. The molecule has 0 aliphatic carbocycles. The lowest BCUT2D eigenvalue weighted by Gasteiger charge is -2.32.